The summed E-state index contributed by atoms with van der Waals surface area (Å²) < 4.78 is 0.584. The van der Waals surface area contributed by atoms with Gasteiger partial charge in [0.25, 0.3) is 0 Å². The Labute approximate surface area is 119 Å². The van der Waals surface area contributed by atoms with E-state index in [0.717, 1.165) is 11.1 Å². The van der Waals surface area contributed by atoms with E-state index in [9.17, 15) is 10.1 Å². The monoisotopic (exact) mass is 321 g/mol. The quantitative estimate of drug-likeness (QED) is 0.689. The van der Waals surface area contributed by atoms with Crippen LogP contribution >= 0.6 is 15.9 Å². The highest BCUT2D eigenvalue weighted by molar-refractivity contribution is 9.10. The number of halogens is 1. The van der Waals surface area contributed by atoms with Gasteiger partial charge in [-0.3, -0.25) is 10.1 Å². The number of hydrogen-bond donors (Lipinski definition) is 1. The van der Waals surface area contributed by atoms with Gasteiger partial charge in [0.2, 0.25) is 5.82 Å². The second-order valence-electron chi connectivity index (χ2n) is 4.12. The third-order valence-electron chi connectivity index (χ3n) is 2.57. The molecule has 0 bridgehead atoms. The molecule has 1 aromatic carbocycles. The zero-order valence-electron chi connectivity index (χ0n) is 10.3. The van der Waals surface area contributed by atoms with Crippen molar-refractivity contribution >= 4 is 27.4 Å². The Morgan fingerprint density at radius 2 is 2.21 bits per heavy atom. The van der Waals surface area contributed by atoms with E-state index in [0.29, 0.717) is 11.0 Å². The Hall–Kier alpha value is -1.95. The summed E-state index contributed by atoms with van der Waals surface area (Å²) in [4.78, 5) is 14.5. The third kappa shape index (κ3) is 3.51. The van der Waals surface area contributed by atoms with Gasteiger partial charge < -0.3 is 5.32 Å². The lowest BCUT2D eigenvalue weighted by Gasteiger charge is -2.07. The summed E-state index contributed by atoms with van der Waals surface area (Å²) in [5, 5.41) is 13.9. The van der Waals surface area contributed by atoms with E-state index in [1.807, 2.05) is 31.2 Å². The molecule has 0 aliphatic carbocycles. The fraction of sp³-hybridized carbons (Fsp3) is 0.154. The largest absolute Gasteiger partial charge is 0.360 e. The summed E-state index contributed by atoms with van der Waals surface area (Å²) in [5.74, 6) is 0.273. The number of nitro groups is 1. The molecule has 2 rings (SSSR count). The van der Waals surface area contributed by atoms with E-state index >= 15 is 0 Å². The van der Waals surface area contributed by atoms with Gasteiger partial charge in [-0.2, -0.15) is 0 Å². The number of pyridine rings is 1. The van der Waals surface area contributed by atoms with Gasteiger partial charge in [-0.15, -0.1) is 0 Å². The van der Waals surface area contributed by atoms with E-state index in [1.54, 1.807) is 0 Å². The predicted molar refractivity (Wildman–Crippen MR) is 77.1 cm³/mol. The van der Waals surface area contributed by atoms with Gasteiger partial charge in [0.1, 0.15) is 0 Å². The van der Waals surface area contributed by atoms with Crippen LogP contribution in [0.15, 0.2) is 41.0 Å². The van der Waals surface area contributed by atoms with Crippen molar-refractivity contribution in [1.29, 1.82) is 0 Å². The molecular weight excluding hydrogens is 310 g/mol. The lowest BCUT2D eigenvalue weighted by Crippen LogP contribution is -2.04. The standard InChI is InChI=1S/C13H12BrN3O2/c1-9-3-2-4-10(5-9)7-15-13-12(17(18)19)6-11(14)8-16-13/h2-6,8H,7H2,1H3,(H,15,16). The Morgan fingerprint density at radius 3 is 2.89 bits per heavy atom. The maximum atomic E-state index is 10.9. The van der Waals surface area contributed by atoms with Gasteiger partial charge >= 0.3 is 5.69 Å². The van der Waals surface area contributed by atoms with Crippen LogP contribution in [-0.2, 0) is 6.54 Å². The Morgan fingerprint density at radius 1 is 1.42 bits per heavy atom. The van der Waals surface area contributed by atoms with Crippen molar-refractivity contribution in [2.45, 2.75) is 13.5 Å². The first-order chi connectivity index (χ1) is 9.06. The van der Waals surface area contributed by atoms with Crippen LogP contribution in [0.5, 0.6) is 0 Å². The van der Waals surface area contributed by atoms with Crippen molar-refractivity contribution in [3.8, 4) is 0 Å². The summed E-state index contributed by atoms with van der Waals surface area (Å²) in [6.07, 6.45) is 1.53. The molecule has 0 radical (unpaired) electrons. The minimum atomic E-state index is -0.448. The lowest BCUT2D eigenvalue weighted by atomic mass is 10.1. The van der Waals surface area contributed by atoms with Crippen LogP contribution in [-0.4, -0.2) is 9.91 Å². The van der Waals surface area contributed by atoms with Gasteiger partial charge in [-0.05, 0) is 28.4 Å². The molecule has 0 aliphatic rings. The summed E-state index contributed by atoms with van der Waals surface area (Å²) in [6.45, 7) is 2.50. The van der Waals surface area contributed by atoms with Crippen LogP contribution in [0.2, 0.25) is 0 Å². The summed E-state index contributed by atoms with van der Waals surface area (Å²) in [7, 11) is 0. The molecular formula is C13H12BrN3O2. The summed E-state index contributed by atoms with van der Waals surface area (Å²) in [5.41, 5.74) is 2.17. The molecule has 5 nitrogen and oxygen atoms in total. The minimum Gasteiger partial charge on any atom is -0.360 e. The van der Waals surface area contributed by atoms with Gasteiger partial charge in [0, 0.05) is 23.3 Å². The number of benzene rings is 1. The first-order valence-electron chi connectivity index (χ1n) is 5.65. The summed E-state index contributed by atoms with van der Waals surface area (Å²) in [6, 6.07) is 9.38. The van der Waals surface area contributed by atoms with Crippen molar-refractivity contribution in [1.82, 2.24) is 4.98 Å². The topological polar surface area (TPSA) is 68.1 Å². The average molecular weight is 322 g/mol. The van der Waals surface area contributed by atoms with E-state index in [4.69, 9.17) is 0 Å². The highest BCUT2D eigenvalue weighted by Crippen LogP contribution is 2.25. The number of aryl methyl sites for hydroxylation is 1. The molecule has 0 amide bonds. The SMILES string of the molecule is Cc1cccc(CNc2ncc(Br)cc2[N+](=O)[O-])c1. The molecule has 1 aromatic heterocycles. The highest BCUT2D eigenvalue weighted by Gasteiger charge is 2.15. The number of nitrogens with one attached hydrogen (secondary N) is 1. The smallest absolute Gasteiger partial charge is 0.312 e. The second-order valence-corrected chi connectivity index (χ2v) is 5.04. The van der Waals surface area contributed by atoms with Crippen molar-refractivity contribution in [3.63, 3.8) is 0 Å². The number of aromatic nitrogens is 1. The fourth-order valence-corrected chi connectivity index (χ4v) is 2.03. The van der Waals surface area contributed by atoms with Gasteiger partial charge in [-0.25, -0.2) is 4.98 Å². The van der Waals surface area contributed by atoms with E-state index < -0.39 is 4.92 Å². The van der Waals surface area contributed by atoms with Crippen LogP contribution in [0.3, 0.4) is 0 Å². The third-order valence-corrected chi connectivity index (χ3v) is 3.01. The molecule has 0 unspecified atom stereocenters. The van der Waals surface area contributed by atoms with Gasteiger partial charge in [0.15, 0.2) is 0 Å². The number of nitrogens with zero attached hydrogens (tertiary/aromatic N) is 2. The van der Waals surface area contributed by atoms with Crippen LogP contribution in [0.1, 0.15) is 11.1 Å². The van der Waals surface area contributed by atoms with Crippen LogP contribution in [0.25, 0.3) is 0 Å². The van der Waals surface area contributed by atoms with E-state index in [2.05, 4.69) is 26.2 Å². The Kier molecular flexibility index (Phi) is 4.11. The molecule has 1 N–H and O–H groups in total. The van der Waals surface area contributed by atoms with Crippen molar-refractivity contribution in [3.05, 3.63) is 62.2 Å². The van der Waals surface area contributed by atoms with Gasteiger partial charge in [-0.1, -0.05) is 29.8 Å². The number of rotatable bonds is 4. The van der Waals surface area contributed by atoms with Crippen LogP contribution in [0.4, 0.5) is 11.5 Å². The predicted octanol–water partition coefficient (Wildman–Crippen LogP) is 3.67. The molecule has 0 spiro atoms. The van der Waals surface area contributed by atoms with Crippen LogP contribution in [0, 0.1) is 17.0 Å². The minimum absolute atomic E-state index is 0.0398. The molecule has 0 saturated heterocycles. The first-order valence-corrected chi connectivity index (χ1v) is 6.45. The van der Waals surface area contributed by atoms with Gasteiger partial charge in [0.05, 0.1) is 4.92 Å². The molecule has 0 atom stereocenters. The molecule has 6 heteroatoms. The average Bonchev–Trinajstić information content (AvgIpc) is 2.37. The molecule has 19 heavy (non-hydrogen) atoms. The van der Waals surface area contributed by atoms with E-state index in [-0.39, 0.29) is 11.5 Å². The van der Waals surface area contributed by atoms with Crippen LogP contribution < -0.4 is 5.32 Å². The Balaban J connectivity index is 2.17. The maximum Gasteiger partial charge on any atom is 0.312 e. The molecule has 2 aromatic rings. The highest BCUT2D eigenvalue weighted by atomic mass is 79.9. The molecule has 98 valence electrons. The summed E-state index contributed by atoms with van der Waals surface area (Å²) >= 11 is 3.18. The second kappa shape index (κ2) is 5.79. The zero-order chi connectivity index (χ0) is 13.8. The zero-order valence-corrected chi connectivity index (χ0v) is 11.8. The fourth-order valence-electron chi connectivity index (χ4n) is 1.71. The normalized spacial score (nSPS) is 10.2. The van der Waals surface area contributed by atoms with Crippen molar-refractivity contribution in [2.24, 2.45) is 0 Å². The lowest BCUT2D eigenvalue weighted by molar-refractivity contribution is -0.384. The van der Waals surface area contributed by atoms with E-state index in [1.165, 1.54) is 12.3 Å². The Bertz CT molecular complexity index is 617. The maximum absolute atomic E-state index is 10.9. The molecule has 0 aliphatic heterocycles. The van der Waals surface area contributed by atoms with Crippen molar-refractivity contribution < 1.29 is 4.92 Å². The first kappa shape index (κ1) is 13.5. The number of hydrogen-bond acceptors (Lipinski definition) is 4. The van der Waals surface area contributed by atoms with Crippen molar-refractivity contribution in [2.75, 3.05) is 5.32 Å². The molecule has 0 fully saturated rings. The molecule has 0 saturated carbocycles. The molecule has 1 heterocycles. The number of anilines is 1.